The molecular weight excluding hydrogens is 318 g/mol. The van der Waals surface area contributed by atoms with Crippen molar-refractivity contribution >= 4 is 25.8 Å². The predicted molar refractivity (Wildman–Crippen MR) is 72.3 cm³/mol. The first-order valence-electron chi connectivity index (χ1n) is 5.84. The highest BCUT2D eigenvalue weighted by Gasteiger charge is 2.40. The molecule has 0 radical (unpaired) electrons. The van der Waals surface area contributed by atoms with E-state index in [1.54, 1.807) is 0 Å². The van der Waals surface area contributed by atoms with Gasteiger partial charge in [-0.25, -0.2) is 8.42 Å². The zero-order valence-electron chi connectivity index (χ0n) is 9.73. The molecule has 1 aliphatic heterocycles. The fraction of sp³-hybridized carbons (Fsp3) is 0.500. The van der Waals surface area contributed by atoms with Crippen LogP contribution in [0.15, 0.2) is 22.7 Å². The van der Waals surface area contributed by atoms with E-state index in [4.69, 9.17) is 10.5 Å². The Bertz CT molecular complexity index is 583. The number of halogens is 1. The van der Waals surface area contributed by atoms with Crippen molar-refractivity contribution in [2.75, 3.05) is 11.5 Å². The van der Waals surface area contributed by atoms with E-state index in [-0.39, 0.29) is 23.1 Å². The van der Waals surface area contributed by atoms with Crippen LogP contribution in [0.5, 0.6) is 5.75 Å². The lowest BCUT2D eigenvalue weighted by molar-refractivity contribution is 0.229. The van der Waals surface area contributed by atoms with Gasteiger partial charge >= 0.3 is 0 Å². The van der Waals surface area contributed by atoms with Crippen LogP contribution in [0.1, 0.15) is 18.4 Å². The van der Waals surface area contributed by atoms with E-state index in [0.717, 1.165) is 22.9 Å². The van der Waals surface area contributed by atoms with Crippen LogP contribution in [-0.2, 0) is 15.4 Å². The number of ether oxygens (including phenoxy) is 1. The van der Waals surface area contributed by atoms with Crippen molar-refractivity contribution in [2.45, 2.75) is 24.5 Å². The van der Waals surface area contributed by atoms with Gasteiger partial charge in [0, 0.05) is 5.54 Å². The fourth-order valence-corrected chi connectivity index (χ4v) is 3.74. The zero-order valence-corrected chi connectivity index (χ0v) is 12.1. The van der Waals surface area contributed by atoms with Crippen LogP contribution in [0.4, 0.5) is 0 Å². The van der Waals surface area contributed by atoms with Crippen LogP contribution >= 0.6 is 15.9 Å². The molecule has 3 rings (SSSR count). The van der Waals surface area contributed by atoms with E-state index in [1.807, 2.05) is 18.2 Å². The van der Waals surface area contributed by atoms with Crippen molar-refractivity contribution in [3.63, 3.8) is 0 Å². The molecule has 0 bridgehead atoms. The summed E-state index contributed by atoms with van der Waals surface area (Å²) in [6.07, 6.45) is 1.81. The van der Waals surface area contributed by atoms with Gasteiger partial charge in [0.15, 0.2) is 9.84 Å². The molecule has 1 saturated carbocycles. The fourth-order valence-electron chi connectivity index (χ4n) is 2.09. The molecule has 0 atom stereocenters. The van der Waals surface area contributed by atoms with E-state index in [9.17, 15) is 8.42 Å². The maximum atomic E-state index is 11.1. The molecule has 2 N–H and O–H groups in total. The predicted octanol–water partition coefficient (Wildman–Crippen LogP) is 1.57. The minimum absolute atomic E-state index is 0.113. The maximum absolute atomic E-state index is 11.1. The van der Waals surface area contributed by atoms with Gasteiger partial charge in [-0.2, -0.15) is 0 Å². The van der Waals surface area contributed by atoms with Crippen LogP contribution in [0, 0.1) is 0 Å². The van der Waals surface area contributed by atoms with Crippen LogP contribution in [0.2, 0.25) is 0 Å². The van der Waals surface area contributed by atoms with Crippen molar-refractivity contribution in [1.29, 1.82) is 0 Å². The lowest BCUT2D eigenvalue weighted by Crippen LogP contribution is -2.45. The Kier molecular flexibility index (Phi) is 2.73. The van der Waals surface area contributed by atoms with Crippen LogP contribution in [0.25, 0.3) is 0 Å². The highest BCUT2D eigenvalue weighted by atomic mass is 79.9. The van der Waals surface area contributed by atoms with E-state index in [0.29, 0.717) is 5.75 Å². The van der Waals surface area contributed by atoms with Gasteiger partial charge in [-0.1, -0.05) is 6.07 Å². The Balaban J connectivity index is 1.74. The largest absolute Gasteiger partial charge is 0.487 e. The topological polar surface area (TPSA) is 69.4 Å². The summed E-state index contributed by atoms with van der Waals surface area (Å²) in [5.74, 6) is 0.909. The summed E-state index contributed by atoms with van der Waals surface area (Å²) in [4.78, 5) is 0. The zero-order chi connectivity index (χ0) is 13.0. The van der Waals surface area contributed by atoms with Gasteiger partial charge in [0.25, 0.3) is 0 Å². The number of hydrogen-bond acceptors (Lipinski definition) is 4. The molecule has 1 aromatic rings. The average molecular weight is 332 g/mol. The summed E-state index contributed by atoms with van der Waals surface area (Å²) in [7, 11) is -2.85. The summed E-state index contributed by atoms with van der Waals surface area (Å²) < 4.78 is 28.6. The normalized spacial score (nSPS) is 24.3. The summed E-state index contributed by atoms with van der Waals surface area (Å²) in [6.45, 7) is 0. The summed E-state index contributed by atoms with van der Waals surface area (Å²) in [6, 6.07) is 5.78. The van der Waals surface area contributed by atoms with Crippen molar-refractivity contribution in [3.05, 3.63) is 28.2 Å². The molecule has 0 spiro atoms. The Labute approximate surface area is 115 Å². The first kappa shape index (κ1) is 12.4. The number of sulfone groups is 1. The van der Waals surface area contributed by atoms with E-state index >= 15 is 0 Å². The summed E-state index contributed by atoms with van der Waals surface area (Å²) in [5, 5.41) is 0. The van der Waals surface area contributed by atoms with Crippen LogP contribution in [-0.4, -0.2) is 26.0 Å². The standard InChI is InChI=1S/C12H14BrNO3S/c13-10-5-8(12(14)3-4-12)1-2-11(10)17-9-6-18(15,16)7-9/h1-2,5,9H,3-4,6-7,14H2. The molecule has 2 aliphatic rings. The summed E-state index contributed by atoms with van der Waals surface area (Å²) in [5.41, 5.74) is 7.05. The number of nitrogens with two attached hydrogens (primary N) is 1. The molecule has 6 heteroatoms. The van der Waals surface area contributed by atoms with Crippen molar-refractivity contribution in [1.82, 2.24) is 0 Å². The Morgan fingerprint density at radius 2 is 2.00 bits per heavy atom. The number of rotatable bonds is 3. The first-order valence-corrected chi connectivity index (χ1v) is 8.45. The molecule has 1 heterocycles. The van der Waals surface area contributed by atoms with E-state index in [2.05, 4.69) is 15.9 Å². The quantitative estimate of drug-likeness (QED) is 0.912. The molecule has 0 aromatic heterocycles. The van der Waals surface area contributed by atoms with Gasteiger partial charge < -0.3 is 10.5 Å². The third kappa shape index (κ3) is 2.29. The van der Waals surface area contributed by atoms with Gasteiger partial charge in [-0.05, 0) is 46.5 Å². The van der Waals surface area contributed by atoms with Crippen molar-refractivity contribution in [2.24, 2.45) is 5.73 Å². The third-order valence-electron chi connectivity index (χ3n) is 3.47. The highest BCUT2D eigenvalue weighted by molar-refractivity contribution is 9.10. The van der Waals surface area contributed by atoms with Gasteiger partial charge in [-0.3, -0.25) is 0 Å². The molecule has 1 aromatic carbocycles. The molecule has 4 nitrogen and oxygen atoms in total. The molecule has 98 valence electrons. The minimum Gasteiger partial charge on any atom is -0.487 e. The highest BCUT2D eigenvalue weighted by Crippen LogP contribution is 2.44. The van der Waals surface area contributed by atoms with Crippen LogP contribution in [0.3, 0.4) is 0 Å². The molecule has 18 heavy (non-hydrogen) atoms. The Morgan fingerprint density at radius 1 is 1.33 bits per heavy atom. The molecule has 0 unspecified atom stereocenters. The van der Waals surface area contributed by atoms with E-state index < -0.39 is 9.84 Å². The first-order chi connectivity index (χ1) is 8.38. The molecule has 0 amide bonds. The van der Waals surface area contributed by atoms with Crippen molar-refractivity contribution < 1.29 is 13.2 Å². The SMILES string of the molecule is NC1(c2ccc(OC3CS(=O)(=O)C3)c(Br)c2)CC1. The molecule has 2 fully saturated rings. The van der Waals surface area contributed by atoms with E-state index in [1.165, 1.54) is 0 Å². The van der Waals surface area contributed by atoms with Crippen LogP contribution < -0.4 is 10.5 Å². The number of hydrogen-bond donors (Lipinski definition) is 1. The Hall–Kier alpha value is -0.590. The molecule has 1 aliphatic carbocycles. The van der Waals surface area contributed by atoms with Gasteiger partial charge in [0.1, 0.15) is 11.9 Å². The summed E-state index contributed by atoms with van der Waals surface area (Å²) >= 11 is 3.45. The van der Waals surface area contributed by atoms with Gasteiger partial charge in [0.05, 0.1) is 16.0 Å². The minimum atomic E-state index is -2.85. The lowest BCUT2D eigenvalue weighted by Gasteiger charge is -2.27. The average Bonchev–Trinajstić information content (AvgIpc) is 2.98. The molecule has 1 saturated heterocycles. The second-order valence-electron chi connectivity index (χ2n) is 5.12. The monoisotopic (exact) mass is 331 g/mol. The second-order valence-corrected chi connectivity index (χ2v) is 8.13. The second kappa shape index (κ2) is 3.95. The Morgan fingerprint density at radius 3 is 2.50 bits per heavy atom. The smallest absolute Gasteiger partial charge is 0.157 e. The maximum Gasteiger partial charge on any atom is 0.157 e. The van der Waals surface area contributed by atoms with Gasteiger partial charge in [-0.15, -0.1) is 0 Å². The third-order valence-corrected chi connectivity index (χ3v) is 5.85. The molecular formula is C12H14BrNO3S. The van der Waals surface area contributed by atoms with Crippen molar-refractivity contribution in [3.8, 4) is 5.75 Å². The van der Waals surface area contributed by atoms with Gasteiger partial charge in [0.2, 0.25) is 0 Å². The lowest BCUT2D eigenvalue weighted by atomic mass is 10.1. The number of benzene rings is 1.